The first kappa shape index (κ1) is 23.2. The van der Waals surface area contributed by atoms with Gasteiger partial charge in [0.25, 0.3) is 0 Å². The van der Waals surface area contributed by atoms with Crippen LogP contribution in [0.15, 0.2) is 54.6 Å². The van der Waals surface area contributed by atoms with E-state index in [4.69, 9.17) is 16.2 Å². The van der Waals surface area contributed by atoms with Gasteiger partial charge in [-0.1, -0.05) is 50.2 Å². The third kappa shape index (κ3) is 8.68. The fourth-order valence-electron chi connectivity index (χ4n) is 2.59. The van der Waals surface area contributed by atoms with Crippen molar-refractivity contribution in [3.8, 4) is 0 Å². The molecule has 0 saturated carbocycles. The van der Waals surface area contributed by atoms with Crippen molar-refractivity contribution in [2.24, 2.45) is 11.5 Å². The lowest BCUT2D eigenvalue weighted by Crippen LogP contribution is -2.36. The van der Waals surface area contributed by atoms with Crippen LogP contribution < -0.4 is 16.4 Å². The van der Waals surface area contributed by atoms with Crippen molar-refractivity contribution in [3.05, 3.63) is 65.7 Å². The van der Waals surface area contributed by atoms with E-state index in [1.54, 1.807) is 6.07 Å². The maximum Gasteiger partial charge on any atom is 0.248 e. The summed E-state index contributed by atoms with van der Waals surface area (Å²) in [4.78, 5) is 23.6. The highest BCUT2D eigenvalue weighted by molar-refractivity contribution is 5.93. The maximum absolute atomic E-state index is 11.0. The van der Waals surface area contributed by atoms with E-state index in [1.165, 1.54) is 0 Å². The van der Waals surface area contributed by atoms with Crippen LogP contribution in [0.25, 0.3) is 0 Å². The van der Waals surface area contributed by atoms with Crippen LogP contribution in [0.4, 0.5) is 5.69 Å². The highest BCUT2D eigenvalue weighted by Gasteiger charge is 2.12. The van der Waals surface area contributed by atoms with E-state index in [1.807, 2.05) is 62.4 Å². The number of carbonyl (C=O) groups is 2. The molecule has 6 nitrogen and oxygen atoms in total. The Kier molecular flexibility index (Phi) is 11.0. The molecular formula is C22H35N3O3. The summed E-state index contributed by atoms with van der Waals surface area (Å²) in [5.41, 5.74) is 13.0. The highest BCUT2D eigenvalue weighted by atomic mass is 16.5. The molecule has 0 radical (unpaired) electrons. The van der Waals surface area contributed by atoms with Crippen LogP contribution in [-0.4, -0.2) is 38.1 Å². The minimum absolute atomic E-state index is 0. The van der Waals surface area contributed by atoms with Crippen molar-refractivity contribution >= 4 is 17.5 Å². The quantitative estimate of drug-likeness (QED) is 0.820. The summed E-state index contributed by atoms with van der Waals surface area (Å²) in [6.07, 6.45) is 1.18. The van der Waals surface area contributed by atoms with Crippen LogP contribution in [0, 0.1) is 0 Å². The van der Waals surface area contributed by atoms with Gasteiger partial charge in [-0.2, -0.15) is 0 Å². The minimum atomic E-state index is -0.384. The van der Waals surface area contributed by atoms with Gasteiger partial charge < -0.3 is 21.1 Å². The van der Waals surface area contributed by atoms with Gasteiger partial charge in [0.15, 0.2) is 0 Å². The summed E-state index contributed by atoms with van der Waals surface area (Å²) in [5, 5.41) is 0. The van der Waals surface area contributed by atoms with Gasteiger partial charge in [0, 0.05) is 33.6 Å². The van der Waals surface area contributed by atoms with Gasteiger partial charge in [-0.05, 0) is 30.2 Å². The minimum Gasteiger partial charge on any atom is -0.378 e. The molecule has 0 bridgehead atoms. The zero-order chi connectivity index (χ0) is 20.8. The summed E-state index contributed by atoms with van der Waals surface area (Å²) < 4.78 is 5.27. The first-order valence-corrected chi connectivity index (χ1v) is 9.61. The van der Waals surface area contributed by atoms with Gasteiger partial charge in [0.2, 0.25) is 11.8 Å². The molecule has 1 saturated heterocycles. The third-order valence-electron chi connectivity index (χ3n) is 4.01. The molecule has 4 N–H and O–H groups in total. The lowest BCUT2D eigenvalue weighted by atomic mass is 10.1. The number of hydrogen-bond acceptors (Lipinski definition) is 4. The van der Waals surface area contributed by atoms with Gasteiger partial charge in [-0.3, -0.25) is 9.59 Å². The molecule has 156 valence electrons. The van der Waals surface area contributed by atoms with Gasteiger partial charge in [0.1, 0.15) is 0 Å². The molecule has 0 atom stereocenters. The Morgan fingerprint density at radius 2 is 1.64 bits per heavy atom. The molecule has 3 rings (SSSR count). The molecule has 0 spiro atoms. The van der Waals surface area contributed by atoms with E-state index in [0.29, 0.717) is 12.0 Å². The second kappa shape index (κ2) is 13.3. The van der Waals surface area contributed by atoms with Gasteiger partial charge in [0.05, 0.1) is 13.2 Å². The monoisotopic (exact) mass is 389 g/mol. The van der Waals surface area contributed by atoms with Crippen LogP contribution in [0.2, 0.25) is 0 Å². The Morgan fingerprint density at radius 1 is 1.00 bits per heavy atom. The Hall–Kier alpha value is -2.86. The van der Waals surface area contributed by atoms with Crippen molar-refractivity contribution in [3.63, 3.8) is 0 Å². The number of morpholine rings is 1. The zero-order valence-electron chi connectivity index (χ0n) is 16.8. The van der Waals surface area contributed by atoms with Crippen LogP contribution in [0.1, 0.15) is 39.0 Å². The molecule has 2 aromatic rings. The maximum atomic E-state index is 11.0. The van der Waals surface area contributed by atoms with E-state index in [0.717, 1.165) is 44.0 Å². The summed E-state index contributed by atoms with van der Waals surface area (Å²) in [5.74, 6) is -0.626. The Morgan fingerprint density at radius 3 is 2.21 bits per heavy atom. The van der Waals surface area contributed by atoms with Crippen LogP contribution in [0.3, 0.4) is 0 Å². The fourth-order valence-corrected chi connectivity index (χ4v) is 2.59. The average Bonchev–Trinajstić information content (AvgIpc) is 2.75. The second-order valence-corrected chi connectivity index (χ2v) is 5.97. The number of primary amides is 2. The number of anilines is 1. The number of aryl methyl sites for hydroxylation is 1. The molecule has 6 heteroatoms. The normalized spacial score (nSPS) is 12.7. The number of nitrogens with zero attached hydrogens (tertiary/aromatic N) is 1. The molecular weight excluding hydrogens is 354 g/mol. The van der Waals surface area contributed by atoms with E-state index in [-0.39, 0.29) is 14.7 Å². The van der Waals surface area contributed by atoms with Crippen LogP contribution in [-0.2, 0) is 16.0 Å². The van der Waals surface area contributed by atoms with Crippen molar-refractivity contribution < 1.29 is 17.2 Å². The smallest absolute Gasteiger partial charge is 0.248 e. The Labute approximate surface area is 170 Å². The highest BCUT2D eigenvalue weighted by Crippen LogP contribution is 2.17. The number of rotatable bonds is 5. The number of ether oxygens (including phenoxy) is 1. The van der Waals surface area contributed by atoms with E-state index in [9.17, 15) is 9.59 Å². The summed E-state index contributed by atoms with van der Waals surface area (Å²) in [7, 11) is 0. The molecule has 1 heterocycles. The predicted octanol–water partition coefficient (Wildman–Crippen LogP) is 3.24. The van der Waals surface area contributed by atoms with Crippen LogP contribution >= 0.6 is 0 Å². The summed E-state index contributed by atoms with van der Waals surface area (Å²) >= 11 is 0. The number of amides is 2. The molecule has 28 heavy (non-hydrogen) atoms. The Bertz CT molecular complexity index is 725. The summed E-state index contributed by atoms with van der Waals surface area (Å²) in [6.45, 7) is 7.20. The predicted molar refractivity (Wildman–Crippen MR) is 118 cm³/mol. The molecule has 2 aromatic carbocycles. The number of carbonyl (C=O) groups excluding carboxylic acids is 2. The molecule has 0 aliphatic carbocycles. The number of hydrogen-bond donors (Lipinski definition) is 2. The fraction of sp³-hybridized carbons (Fsp3) is 0.364. The second-order valence-electron chi connectivity index (χ2n) is 5.97. The average molecular weight is 390 g/mol. The van der Waals surface area contributed by atoms with E-state index >= 15 is 0 Å². The molecule has 1 fully saturated rings. The lowest BCUT2D eigenvalue weighted by Gasteiger charge is -2.29. The molecule has 1 aliphatic heterocycles. The van der Waals surface area contributed by atoms with Gasteiger partial charge >= 0.3 is 0 Å². The van der Waals surface area contributed by atoms with Gasteiger partial charge in [-0.15, -0.1) is 0 Å². The van der Waals surface area contributed by atoms with E-state index in [2.05, 4.69) is 4.90 Å². The van der Waals surface area contributed by atoms with E-state index < -0.39 is 0 Å². The van der Waals surface area contributed by atoms with Crippen molar-refractivity contribution in [2.75, 3.05) is 31.2 Å². The first-order chi connectivity index (χ1) is 13.6. The van der Waals surface area contributed by atoms with Crippen molar-refractivity contribution in [1.29, 1.82) is 0 Å². The summed E-state index contributed by atoms with van der Waals surface area (Å²) in [6, 6.07) is 17.2. The topological polar surface area (TPSA) is 98.7 Å². The molecule has 1 aliphatic rings. The third-order valence-corrected chi connectivity index (χ3v) is 4.01. The van der Waals surface area contributed by atoms with Gasteiger partial charge in [-0.25, -0.2) is 0 Å². The van der Waals surface area contributed by atoms with Crippen molar-refractivity contribution in [2.45, 2.75) is 26.7 Å². The van der Waals surface area contributed by atoms with Crippen LogP contribution in [0.5, 0.6) is 0 Å². The number of nitrogens with two attached hydrogens (primary N) is 2. The molecule has 2 amide bonds. The standard InChI is InChI=1S/C11H14N2O2.C9H11NO.C2H6.2H2/c12-11(14)9-2-1-3-10(8-9)13-4-6-15-7-5-13;10-9(11)7-6-8-4-2-1-3-5-8;1-2;;/h1-3,8H,4-7H2,(H2,12,14);1-5H,6-7H2,(H2,10,11);1-2H3;2*1H. The largest absolute Gasteiger partial charge is 0.378 e. The zero-order valence-corrected chi connectivity index (χ0v) is 16.8. The number of benzene rings is 2. The Balaban J connectivity index is 0. The molecule has 0 aromatic heterocycles. The SMILES string of the molecule is CC.NC(=O)CCc1ccccc1.NC(=O)c1cccc(N2CCOCC2)c1.[HH].[HH]. The molecule has 0 unspecified atom stereocenters. The first-order valence-electron chi connectivity index (χ1n) is 9.61. The lowest BCUT2D eigenvalue weighted by molar-refractivity contribution is -0.117. The van der Waals surface area contributed by atoms with Crippen molar-refractivity contribution in [1.82, 2.24) is 0 Å².